The van der Waals surface area contributed by atoms with Crippen molar-refractivity contribution >= 4 is 17.5 Å². The molecule has 3 rings (SSSR count). The maximum atomic E-state index is 13.0. The molecule has 0 radical (unpaired) electrons. The number of alkyl halides is 3. The van der Waals surface area contributed by atoms with E-state index in [4.69, 9.17) is 0 Å². The van der Waals surface area contributed by atoms with Gasteiger partial charge in [-0.2, -0.15) is 13.2 Å². The van der Waals surface area contributed by atoms with Crippen molar-refractivity contribution in [3.8, 4) is 0 Å². The number of aryl methyl sites for hydroxylation is 2. The zero-order valence-electron chi connectivity index (χ0n) is 18.0. The molecule has 1 aliphatic carbocycles. The van der Waals surface area contributed by atoms with E-state index in [1.54, 1.807) is 13.0 Å². The Hall–Kier alpha value is -2.77. The van der Waals surface area contributed by atoms with E-state index < -0.39 is 18.6 Å². The number of rotatable bonds is 5. The quantitative estimate of drug-likeness (QED) is 0.655. The summed E-state index contributed by atoms with van der Waals surface area (Å²) >= 11 is 0. The summed E-state index contributed by atoms with van der Waals surface area (Å²) in [6.45, 7) is 4.28. The number of benzene rings is 1. The molecule has 0 atom stereocenters. The number of hydrogen-bond acceptors (Lipinski definition) is 2. The molecule has 5 nitrogen and oxygen atoms in total. The van der Waals surface area contributed by atoms with Crippen molar-refractivity contribution in [3.05, 3.63) is 52.3 Å². The molecule has 0 spiro atoms. The van der Waals surface area contributed by atoms with Gasteiger partial charge in [-0.05, 0) is 57.4 Å². The van der Waals surface area contributed by atoms with Gasteiger partial charge in [0.1, 0.15) is 6.54 Å². The number of anilines is 1. The highest BCUT2D eigenvalue weighted by molar-refractivity contribution is 6.06. The van der Waals surface area contributed by atoms with E-state index in [2.05, 4.69) is 9.88 Å². The van der Waals surface area contributed by atoms with E-state index in [-0.39, 0.29) is 11.5 Å². The summed E-state index contributed by atoms with van der Waals surface area (Å²) in [6, 6.07) is 6.71. The van der Waals surface area contributed by atoms with Crippen LogP contribution in [0.25, 0.3) is 0 Å². The number of nitrogens with one attached hydrogen (secondary N) is 2. The van der Waals surface area contributed by atoms with Gasteiger partial charge in [0.05, 0.1) is 5.56 Å². The van der Waals surface area contributed by atoms with Crippen LogP contribution in [0.2, 0.25) is 0 Å². The van der Waals surface area contributed by atoms with E-state index in [9.17, 15) is 22.8 Å². The van der Waals surface area contributed by atoms with Gasteiger partial charge >= 0.3 is 6.18 Å². The van der Waals surface area contributed by atoms with E-state index in [0.717, 1.165) is 24.2 Å². The summed E-state index contributed by atoms with van der Waals surface area (Å²) in [7, 11) is 0. The molecule has 31 heavy (non-hydrogen) atoms. The van der Waals surface area contributed by atoms with Crippen LogP contribution in [0.4, 0.5) is 18.9 Å². The van der Waals surface area contributed by atoms with Crippen molar-refractivity contribution < 1.29 is 22.8 Å². The van der Waals surface area contributed by atoms with Crippen LogP contribution >= 0.6 is 0 Å². The molecule has 2 N–H and O–H groups in total. The average Bonchev–Trinajstić information content (AvgIpc) is 3.02. The van der Waals surface area contributed by atoms with Crippen LogP contribution < -0.4 is 10.6 Å². The fourth-order valence-electron chi connectivity index (χ4n) is 4.28. The van der Waals surface area contributed by atoms with E-state index in [0.29, 0.717) is 22.9 Å². The number of hydrogen-bond donors (Lipinski definition) is 2. The summed E-state index contributed by atoms with van der Waals surface area (Å²) in [5.74, 6) is -1.14. The maximum Gasteiger partial charge on any atom is 0.405 e. The molecular formula is C23H28F3N3O2. The van der Waals surface area contributed by atoms with Crippen LogP contribution in [0, 0.1) is 20.8 Å². The number of amides is 2. The van der Waals surface area contributed by atoms with Crippen molar-refractivity contribution in [2.24, 2.45) is 0 Å². The first kappa shape index (κ1) is 22.9. The number of carbonyl (C=O) groups is 2. The largest absolute Gasteiger partial charge is 0.405 e. The minimum Gasteiger partial charge on any atom is -0.345 e. The predicted molar refractivity (Wildman–Crippen MR) is 114 cm³/mol. The Labute approximate surface area is 180 Å². The molecule has 1 aliphatic rings. The molecule has 168 valence electrons. The zero-order valence-corrected chi connectivity index (χ0v) is 18.0. The Balaban J connectivity index is 1.78. The van der Waals surface area contributed by atoms with Gasteiger partial charge in [0.2, 0.25) is 0 Å². The third-order valence-corrected chi connectivity index (χ3v) is 5.87. The minimum absolute atomic E-state index is 0.0535. The highest BCUT2D eigenvalue weighted by Gasteiger charge is 2.28. The number of carbonyl (C=O) groups excluding carboxylic acids is 2. The standard InChI is InChI=1S/C23H28F3N3O2/c1-14-9-10-17(21(30)27-13-23(24,25)26)12-20(14)28-22(31)19-11-15(2)29(16(19)3)18-7-5-4-6-8-18/h9-12,18H,4-8,13H2,1-3H3,(H,27,30)(H,28,31). The van der Waals surface area contributed by atoms with Gasteiger partial charge in [0, 0.05) is 28.7 Å². The van der Waals surface area contributed by atoms with Crippen molar-refractivity contribution in [1.82, 2.24) is 9.88 Å². The zero-order chi connectivity index (χ0) is 22.8. The number of nitrogens with zero attached hydrogens (tertiary/aromatic N) is 1. The molecule has 1 heterocycles. The van der Waals surface area contributed by atoms with Crippen molar-refractivity contribution in [2.45, 2.75) is 65.1 Å². The van der Waals surface area contributed by atoms with Crippen LogP contribution in [-0.4, -0.2) is 29.1 Å². The first-order valence-electron chi connectivity index (χ1n) is 10.5. The van der Waals surface area contributed by atoms with Crippen LogP contribution in [0.15, 0.2) is 24.3 Å². The molecule has 0 unspecified atom stereocenters. The summed E-state index contributed by atoms with van der Waals surface area (Å²) in [6.07, 6.45) is 1.34. The van der Waals surface area contributed by atoms with Gasteiger partial charge in [-0.1, -0.05) is 25.3 Å². The van der Waals surface area contributed by atoms with Gasteiger partial charge in [-0.15, -0.1) is 0 Å². The van der Waals surface area contributed by atoms with Crippen molar-refractivity contribution in [3.63, 3.8) is 0 Å². The molecule has 1 aromatic carbocycles. The smallest absolute Gasteiger partial charge is 0.345 e. The second kappa shape index (κ2) is 9.16. The molecule has 0 saturated heterocycles. The van der Waals surface area contributed by atoms with Crippen LogP contribution in [-0.2, 0) is 0 Å². The molecule has 0 aliphatic heterocycles. The molecule has 1 fully saturated rings. The fourth-order valence-corrected chi connectivity index (χ4v) is 4.28. The SMILES string of the molecule is Cc1ccc(C(=O)NCC(F)(F)F)cc1NC(=O)c1cc(C)n(C2CCCCC2)c1C. The van der Waals surface area contributed by atoms with Crippen LogP contribution in [0.1, 0.15) is 75.8 Å². The van der Waals surface area contributed by atoms with E-state index in [1.807, 2.05) is 25.2 Å². The Kier molecular flexibility index (Phi) is 6.77. The summed E-state index contributed by atoms with van der Waals surface area (Å²) in [5, 5.41) is 4.67. The molecule has 0 bridgehead atoms. The minimum atomic E-state index is -4.49. The molecule has 1 aromatic heterocycles. The van der Waals surface area contributed by atoms with E-state index in [1.165, 1.54) is 31.4 Å². The third-order valence-electron chi connectivity index (χ3n) is 5.87. The number of halogens is 3. The monoisotopic (exact) mass is 435 g/mol. The second-order valence-corrected chi connectivity index (χ2v) is 8.23. The Bertz CT molecular complexity index is 973. The van der Waals surface area contributed by atoms with Crippen LogP contribution in [0.3, 0.4) is 0 Å². The van der Waals surface area contributed by atoms with Gasteiger partial charge in [0.25, 0.3) is 11.8 Å². The average molecular weight is 435 g/mol. The maximum absolute atomic E-state index is 13.0. The Morgan fingerprint density at radius 3 is 2.35 bits per heavy atom. The lowest BCUT2D eigenvalue weighted by molar-refractivity contribution is -0.123. The Morgan fingerprint density at radius 1 is 1.03 bits per heavy atom. The van der Waals surface area contributed by atoms with Gasteiger partial charge in [-0.25, -0.2) is 0 Å². The lowest BCUT2D eigenvalue weighted by atomic mass is 9.95. The molecule has 2 amide bonds. The van der Waals surface area contributed by atoms with Crippen molar-refractivity contribution in [2.75, 3.05) is 11.9 Å². The summed E-state index contributed by atoms with van der Waals surface area (Å²) in [5.41, 5.74) is 3.66. The second-order valence-electron chi connectivity index (χ2n) is 8.23. The predicted octanol–water partition coefficient (Wildman–Crippen LogP) is 5.46. The normalized spacial score (nSPS) is 15.0. The lowest BCUT2D eigenvalue weighted by Gasteiger charge is -2.26. The van der Waals surface area contributed by atoms with E-state index >= 15 is 0 Å². The van der Waals surface area contributed by atoms with Gasteiger partial charge in [0.15, 0.2) is 0 Å². The first-order valence-corrected chi connectivity index (χ1v) is 10.5. The number of aromatic nitrogens is 1. The topological polar surface area (TPSA) is 63.1 Å². The Morgan fingerprint density at radius 2 is 1.71 bits per heavy atom. The molecule has 1 saturated carbocycles. The molecule has 8 heteroatoms. The highest BCUT2D eigenvalue weighted by Crippen LogP contribution is 2.32. The molecule has 2 aromatic rings. The highest BCUT2D eigenvalue weighted by atomic mass is 19.4. The third kappa shape index (κ3) is 5.48. The van der Waals surface area contributed by atoms with Crippen molar-refractivity contribution in [1.29, 1.82) is 0 Å². The first-order chi connectivity index (χ1) is 14.6. The summed E-state index contributed by atoms with van der Waals surface area (Å²) < 4.78 is 39.3. The lowest BCUT2D eigenvalue weighted by Crippen LogP contribution is -2.33. The molecular weight excluding hydrogens is 407 g/mol. The van der Waals surface area contributed by atoms with Gasteiger partial charge in [-0.3, -0.25) is 9.59 Å². The van der Waals surface area contributed by atoms with Crippen LogP contribution in [0.5, 0.6) is 0 Å². The van der Waals surface area contributed by atoms with Gasteiger partial charge < -0.3 is 15.2 Å². The fraction of sp³-hybridized carbons (Fsp3) is 0.478. The summed E-state index contributed by atoms with van der Waals surface area (Å²) in [4.78, 5) is 25.1.